The zero-order valence-corrected chi connectivity index (χ0v) is 31.3. The third-order valence-corrected chi connectivity index (χ3v) is 11.6. The van der Waals surface area contributed by atoms with E-state index in [1.165, 1.54) is 27.3 Å². The highest BCUT2D eigenvalue weighted by Crippen LogP contribution is 2.44. The van der Waals surface area contributed by atoms with Gasteiger partial charge in [-0.1, -0.05) is 133 Å². The fraction of sp³-hybridized carbons (Fsp3) is 0. The van der Waals surface area contributed by atoms with Crippen LogP contribution in [0.1, 0.15) is 0 Å². The van der Waals surface area contributed by atoms with Gasteiger partial charge < -0.3 is 13.7 Å². The molecule has 0 N–H and O–H groups in total. The summed E-state index contributed by atoms with van der Waals surface area (Å²) in [4.78, 5) is 2.31. The van der Waals surface area contributed by atoms with Gasteiger partial charge in [0, 0.05) is 38.6 Å². The van der Waals surface area contributed by atoms with Crippen LogP contribution in [0.25, 0.3) is 93.6 Å². The van der Waals surface area contributed by atoms with Crippen LogP contribution >= 0.6 is 0 Å². The van der Waals surface area contributed by atoms with Crippen LogP contribution in [0.4, 0.5) is 17.1 Å². The lowest BCUT2D eigenvalue weighted by Gasteiger charge is -2.26. The fourth-order valence-corrected chi connectivity index (χ4v) is 8.82. The molecule has 0 atom stereocenters. The van der Waals surface area contributed by atoms with Gasteiger partial charge >= 0.3 is 0 Å². The normalized spacial score (nSPS) is 11.8. The van der Waals surface area contributed by atoms with Crippen molar-refractivity contribution in [1.29, 1.82) is 0 Å². The highest BCUT2D eigenvalue weighted by Gasteiger charge is 2.21. The first-order chi connectivity index (χ1) is 28.7. The number of benzene rings is 9. The maximum atomic E-state index is 6.62. The van der Waals surface area contributed by atoms with E-state index in [0.717, 1.165) is 83.4 Å². The number of para-hydroxylation sites is 4. The van der Waals surface area contributed by atoms with Gasteiger partial charge in [0.25, 0.3) is 0 Å². The van der Waals surface area contributed by atoms with Gasteiger partial charge in [-0.25, -0.2) is 0 Å². The minimum absolute atomic E-state index is 0.857. The molecule has 4 heteroatoms. The van der Waals surface area contributed by atoms with Crippen LogP contribution in [0, 0.1) is 0 Å². The van der Waals surface area contributed by atoms with E-state index in [-0.39, 0.29) is 0 Å². The quantitative estimate of drug-likeness (QED) is 0.170. The van der Waals surface area contributed by atoms with Crippen LogP contribution in [0.3, 0.4) is 0 Å². The Kier molecular flexibility index (Phi) is 7.20. The van der Waals surface area contributed by atoms with Crippen LogP contribution in [0.15, 0.2) is 215 Å². The second kappa shape index (κ2) is 12.9. The highest BCUT2D eigenvalue weighted by molar-refractivity contribution is 6.20. The van der Waals surface area contributed by atoms with Crippen molar-refractivity contribution in [2.75, 3.05) is 4.90 Å². The maximum absolute atomic E-state index is 6.62. The predicted molar refractivity (Wildman–Crippen MR) is 241 cm³/mol. The van der Waals surface area contributed by atoms with Gasteiger partial charge in [-0.3, -0.25) is 4.57 Å². The molecule has 0 radical (unpaired) electrons. The van der Waals surface area contributed by atoms with Crippen LogP contribution in [0.2, 0.25) is 0 Å². The first-order valence-corrected chi connectivity index (χ1v) is 19.7. The molecular weight excluding hydrogens is 709 g/mol. The summed E-state index contributed by atoms with van der Waals surface area (Å²) in [5, 5.41) is 8.09. The summed E-state index contributed by atoms with van der Waals surface area (Å²) >= 11 is 0. The minimum atomic E-state index is 0.857. The molecule has 4 nitrogen and oxygen atoms in total. The molecule has 0 aliphatic heterocycles. The van der Waals surface area contributed by atoms with Crippen molar-refractivity contribution in [2.45, 2.75) is 0 Å². The SMILES string of the molecule is c1ccc(-n2c3ccccc3c3c4cc(-c5ccc(N(c6ccc(-c7ccc8ccccc8c7)cc6)c6cccc7c6oc6ccccc67)cc5)ccc4oc32)cc1. The number of hydrogen-bond donors (Lipinski definition) is 0. The Bertz CT molecular complexity index is 3500. The number of fused-ring (bicyclic) bond motifs is 9. The number of furan rings is 2. The third kappa shape index (κ3) is 5.09. The van der Waals surface area contributed by atoms with Crippen molar-refractivity contribution in [3.8, 4) is 27.9 Å². The number of anilines is 3. The molecule has 9 aromatic carbocycles. The van der Waals surface area contributed by atoms with Gasteiger partial charge in [-0.05, 0) is 106 Å². The van der Waals surface area contributed by atoms with Crippen molar-refractivity contribution in [3.63, 3.8) is 0 Å². The van der Waals surface area contributed by atoms with Crippen LogP contribution < -0.4 is 4.90 Å². The van der Waals surface area contributed by atoms with E-state index < -0.39 is 0 Å². The Morgan fingerprint density at radius 2 is 0.983 bits per heavy atom. The lowest BCUT2D eigenvalue weighted by Crippen LogP contribution is -2.10. The molecule has 58 heavy (non-hydrogen) atoms. The number of hydrogen-bond acceptors (Lipinski definition) is 3. The number of rotatable bonds is 6. The highest BCUT2D eigenvalue weighted by atomic mass is 16.3. The molecule has 0 unspecified atom stereocenters. The van der Waals surface area contributed by atoms with Crippen molar-refractivity contribution in [1.82, 2.24) is 4.57 Å². The van der Waals surface area contributed by atoms with Crippen molar-refractivity contribution in [2.24, 2.45) is 0 Å². The summed E-state index contributed by atoms with van der Waals surface area (Å²) in [5.74, 6) is 0. The van der Waals surface area contributed by atoms with E-state index in [2.05, 4.69) is 198 Å². The van der Waals surface area contributed by atoms with Crippen molar-refractivity contribution >= 4 is 82.7 Å². The van der Waals surface area contributed by atoms with Crippen molar-refractivity contribution in [3.05, 3.63) is 206 Å². The predicted octanol–water partition coefficient (Wildman–Crippen LogP) is 15.4. The van der Waals surface area contributed by atoms with Crippen LogP contribution in [-0.4, -0.2) is 4.57 Å². The number of nitrogens with zero attached hydrogens (tertiary/aromatic N) is 2. The zero-order valence-electron chi connectivity index (χ0n) is 31.3. The Morgan fingerprint density at radius 3 is 1.78 bits per heavy atom. The number of aromatic nitrogens is 1. The largest absolute Gasteiger partial charge is 0.454 e. The molecule has 0 fully saturated rings. The zero-order chi connectivity index (χ0) is 38.2. The first kappa shape index (κ1) is 32.4. The van der Waals surface area contributed by atoms with Gasteiger partial charge in [0.15, 0.2) is 5.58 Å². The standard InChI is InChI=1S/C54H34N2O2/c1-2-13-41(14-3-1)56-48-18-8-6-16-46(48)52-47-34-40(27-32-51(47)58-54(52)56)37-25-30-43(31-26-37)55(49-19-10-17-45-44-15-7-9-20-50(44)57-53(45)49)42-28-23-36(24-29-42)39-22-21-35-11-4-5-12-38(35)33-39/h1-34H. The molecule has 0 aliphatic rings. The fourth-order valence-electron chi connectivity index (χ4n) is 8.82. The monoisotopic (exact) mass is 742 g/mol. The summed E-state index contributed by atoms with van der Waals surface area (Å²) in [7, 11) is 0. The summed E-state index contributed by atoms with van der Waals surface area (Å²) in [5.41, 5.74) is 13.3. The molecule has 3 heterocycles. The van der Waals surface area contributed by atoms with E-state index in [4.69, 9.17) is 8.83 Å². The molecule has 0 saturated heterocycles. The molecule has 0 bridgehead atoms. The lowest BCUT2D eigenvalue weighted by molar-refractivity contribution is 0.645. The molecule has 0 aliphatic carbocycles. The third-order valence-electron chi connectivity index (χ3n) is 11.6. The summed E-state index contributed by atoms with van der Waals surface area (Å²) in [6, 6.07) is 73.1. The van der Waals surface area contributed by atoms with E-state index >= 15 is 0 Å². The van der Waals surface area contributed by atoms with E-state index in [0.29, 0.717) is 0 Å². The van der Waals surface area contributed by atoms with E-state index in [1.807, 2.05) is 18.2 Å². The molecule has 0 saturated carbocycles. The van der Waals surface area contributed by atoms with Crippen LogP contribution in [0.5, 0.6) is 0 Å². The molecule has 3 aromatic heterocycles. The Hall–Kier alpha value is -7.82. The Labute approximate surface area is 334 Å². The average molecular weight is 743 g/mol. The summed E-state index contributed by atoms with van der Waals surface area (Å²) < 4.78 is 15.5. The molecule has 12 aromatic rings. The first-order valence-electron chi connectivity index (χ1n) is 19.7. The van der Waals surface area contributed by atoms with E-state index in [9.17, 15) is 0 Å². The van der Waals surface area contributed by atoms with Gasteiger partial charge in [0.1, 0.15) is 11.2 Å². The second-order valence-electron chi connectivity index (χ2n) is 14.9. The second-order valence-corrected chi connectivity index (χ2v) is 14.9. The van der Waals surface area contributed by atoms with Gasteiger partial charge in [0.05, 0.1) is 16.6 Å². The molecular formula is C54H34N2O2. The molecule has 0 spiro atoms. The van der Waals surface area contributed by atoms with E-state index in [1.54, 1.807) is 0 Å². The van der Waals surface area contributed by atoms with Crippen molar-refractivity contribution < 1.29 is 8.83 Å². The van der Waals surface area contributed by atoms with Gasteiger partial charge in [-0.2, -0.15) is 0 Å². The Balaban J connectivity index is 0.974. The van der Waals surface area contributed by atoms with Gasteiger partial charge in [0.2, 0.25) is 5.71 Å². The summed E-state index contributed by atoms with van der Waals surface area (Å²) in [6.07, 6.45) is 0. The van der Waals surface area contributed by atoms with Gasteiger partial charge in [-0.15, -0.1) is 0 Å². The molecule has 272 valence electrons. The maximum Gasteiger partial charge on any atom is 0.213 e. The van der Waals surface area contributed by atoms with Crippen LogP contribution in [-0.2, 0) is 0 Å². The Morgan fingerprint density at radius 1 is 0.379 bits per heavy atom. The minimum Gasteiger partial charge on any atom is -0.454 e. The summed E-state index contributed by atoms with van der Waals surface area (Å²) in [6.45, 7) is 0. The lowest BCUT2D eigenvalue weighted by atomic mass is 10.0. The average Bonchev–Trinajstić information content (AvgIpc) is 3.96. The molecule has 12 rings (SSSR count). The topological polar surface area (TPSA) is 34.5 Å². The molecule has 0 amide bonds. The smallest absolute Gasteiger partial charge is 0.213 e.